The number of nitrogens with one attached hydrogen (secondary N) is 1. The van der Waals surface area contributed by atoms with Gasteiger partial charge in [0, 0.05) is 10.7 Å². The van der Waals surface area contributed by atoms with Gasteiger partial charge in [0.05, 0.1) is 17.7 Å². The van der Waals surface area contributed by atoms with Crippen LogP contribution in [0.15, 0.2) is 71.6 Å². The largest absolute Gasteiger partial charge is 0.497 e. The Bertz CT molecular complexity index is 1200. The zero-order chi connectivity index (χ0) is 22.6. The number of sulfonamides is 1. The number of halogens is 2. The number of benzene rings is 3. The summed E-state index contributed by atoms with van der Waals surface area (Å²) in [4.78, 5) is 12.6. The highest BCUT2D eigenvalue weighted by molar-refractivity contribution is 7.92. The first kappa shape index (κ1) is 22.6. The predicted molar refractivity (Wildman–Crippen MR) is 119 cm³/mol. The molecule has 1 N–H and O–H groups in total. The molecule has 3 aromatic rings. The van der Waals surface area contributed by atoms with Crippen LogP contribution in [0.2, 0.25) is 5.02 Å². The summed E-state index contributed by atoms with van der Waals surface area (Å²) in [5.41, 5.74) is 0.942. The van der Waals surface area contributed by atoms with Crippen molar-refractivity contribution in [1.82, 2.24) is 0 Å². The molecule has 0 saturated carbocycles. The van der Waals surface area contributed by atoms with Gasteiger partial charge in [-0.1, -0.05) is 29.8 Å². The summed E-state index contributed by atoms with van der Waals surface area (Å²) in [5, 5.41) is 3.06. The van der Waals surface area contributed by atoms with Gasteiger partial charge in [-0.15, -0.1) is 0 Å². The van der Waals surface area contributed by atoms with Crippen LogP contribution in [0.1, 0.15) is 5.56 Å². The Kier molecular flexibility index (Phi) is 6.82. The average Bonchev–Trinajstić information content (AvgIpc) is 2.75. The van der Waals surface area contributed by atoms with E-state index in [1.165, 1.54) is 49.6 Å². The van der Waals surface area contributed by atoms with Gasteiger partial charge in [0.1, 0.15) is 18.1 Å². The summed E-state index contributed by atoms with van der Waals surface area (Å²) in [6.45, 7) is 1.13. The number of carbonyl (C=O) groups excluding carboxylic acids is 1. The molecule has 0 aliphatic heterocycles. The molecule has 0 atom stereocenters. The first-order chi connectivity index (χ1) is 14.7. The van der Waals surface area contributed by atoms with Crippen LogP contribution < -0.4 is 14.4 Å². The van der Waals surface area contributed by atoms with Crippen LogP contribution in [-0.4, -0.2) is 28.0 Å². The normalized spacial score (nSPS) is 11.1. The minimum atomic E-state index is -4.26. The maximum Gasteiger partial charge on any atom is 0.264 e. The fraction of sp³-hybridized carbons (Fsp3) is 0.136. The van der Waals surface area contributed by atoms with Gasteiger partial charge in [-0.3, -0.25) is 9.10 Å². The number of aryl methyl sites for hydroxylation is 1. The number of carbonyl (C=O) groups is 1. The molecule has 0 bridgehead atoms. The third kappa shape index (κ3) is 5.15. The molecule has 0 aliphatic carbocycles. The van der Waals surface area contributed by atoms with Gasteiger partial charge in [0.15, 0.2) is 0 Å². The lowest BCUT2D eigenvalue weighted by atomic mass is 10.2. The molecule has 0 unspecified atom stereocenters. The predicted octanol–water partition coefficient (Wildman–Crippen LogP) is 4.63. The van der Waals surface area contributed by atoms with E-state index >= 15 is 0 Å². The van der Waals surface area contributed by atoms with Crippen LogP contribution in [0.3, 0.4) is 0 Å². The number of hydrogen-bond donors (Lipinski definition) is 1. The smallest absolute Gasteiger partial charge is 0.264 e. The van der Waals surface area contributed by atoms with Crippen molar-refractivity contribution >= 4 is 38.9 Å². The molecular formula is C22H20ClFN2O4S. The number of rotatable bonds is 7. The number of amides is 1. The fourth-order valence-electron chi connectivity index (χ4n) is 2.88. The van der Waals surface area contributed by atoms with Crippen LogP contribution in [0.5, 0.6) is 5.75 Å². The van der Waals surface area contributed by atoms with E-state index in [0.29, 0.717) is 16.5 Å². The molecule has 0 spiro atoms. The monoisotopic (exact) mass is 462 g/mol. The van der Waals surface area contributed by atoms with Crippen LogP contribution in [0, 0.1) is 12.7 Å². The highest BCUT2D eigenvalue weighted by atomic mass is 35.5. The molecule has 0 aliphatic rings. The van der Waals surface area contributed by atoms with E-state index in [-0.39, 0.29) is 10.6 Å². The average molecular weight is 463 g/mol. The zero-order valence-electron chi connectivity index (χ0n) is 16.8. The molecule has 0 heterocycles. The first-order valence-corrected chi connectivity index (χ1v) is 11.0. The lowest BCUT2D eigenvalue weighted by Crippen LogP contribution is -2.38. The van der Waals surface area contributed by atoms with Gasteiger partial charge in [-0.25, -0.2) is 12.8 Å². The number of nitrogens with zero attached hydrogens (tertiary/aromatic N) is 1. The van der Waals surface area contributed by atoms with Crippen molar-refractivity contribution < 1.29 is 22.3 Å². The molecule has 3 rings (SSSR count). The van der Waals surface area contributed by atoms with Gasteiger partial charge in [0.2, 0.25) is 5.91 Å². The van der Waals surface area contributed by atoms with Crippen molar-refractivity contribution in [3.05, 3.63) is 83.1 Å². The van der Waals surface area contributed by atoms with Crippen molar-refractivity contribution in [3.63, 3.8) is 0 Å². The number of hydrogen-bond acceptors (Lipinski definition) is 4. The number of anilines is 2. The summed E-state index contributed by atoms with van der Waals surface area (Å²) in [5.74, 6) is -0.956. The van der Waals surface area contributed by atoms with E-state index in [0.717, 1.165) is 15.9 Å². The minimum absolute atomic E-state index is 0.108. The maximum atomic E-state index is 14.5. The van der Waals surface area contributed by atoms with Gasteiger partial charge in [-0.05, 0) is 61.0 Å². The van der Waals surface area contributed by atoms with Crippen molar-refractivity contribution in [2.75, 3.05) is 23.3 Å². The quantitative estimate of drug-likeness (QED) is 0.555. The molecular weight excluding hydrogens is 443 g/mol. The second-order valence-corrected chi connectivity index (χ2v) is 8.94. The fourth-order valence-corrected chi connectivity index (χ4v) is 4.48. The van der Waals surface area contributed by atoms with Gasteiger partial charge >= 0.3 is 0 Å². The molecule has 1 amide bonds. The third-order valence-corrected chi connectivity index (χ3v) is 6.54. The highest BCUT2D eigenvalue weighted by Gasteiger charge is 2.29. The minimum Gasteiger partial charge on any atom is -0.497 e. The summed E-state index contributed by atoms with van der Waals surface area (Å²) >= 11 is 5.98. The Balaban J connectivity index is 1.97. The zero-order valence-corrected chi connectivity index (χ0v) is 18.4. The molecule has 31 heavy (non-hydrogen) atoms. The molecule has 0 aromatic heterocycles. The second kappa shape index (κ2) is 9.36. The van der Waals surface area contributed by atoms with E-state index in [2.05, 4.69) is 5.32 Å². The highest BCUT2D eigenvalue weighted by Crippen LogP contribution is 2.28. The summed E-state index contributed by atoms with van der Waals surface area (Å²) in [7, 11) is -2.80. The van der Waals surface area contributed by atoms with Crippen molar-refractivity contribution in [3.8, 4) is 5.75 Å². The summed E-state index contributed by atoms with van der Waals surface area (Å²) < 4.78 is 46.9. The number of para-hydroxylation sites is 1. The number of methoxy groups -OCH3 is 1. The van der Waals surface area contributed by atoms with E-state index < -0.39 is 28.3 Å². The van der Waals surface area contributed by atoms with Crippen LogP contribution in [0.25, 0.3) is 0 Å². The Labute approximate surface area is 185 Å². The lowest BCUT2D eigenvalue weighted by Gasteiger charge is -2.24. The van der Waals surface area contributed by atoms with Crippen LogP contribution in [-0.2, 0) is 14.8 Å². The van der Waals surface area contributed by atoms with E-state index in [1.54, 1.807) is 25.1 Å². The Morgan fingerprint density at radius 3 is 2.42 bits per heavy atom. The molecule has 9 heteroatoms. The molecule has 3 aromatic carbocycles. The molecule has 0 fully saturated rings. The molecule has 0 radical (unpaired) electrons. The Morgan fingerprint density at radius 1 is 1.10 bits per heavy atom. The molecule has 0 saturated heterocycles. The van der Waals surface area contributed by atoms with Crippen molar-refractivity contribution in [2.45, 2.75) is 11.8 Å². The molecule has 6 nitrogen and oxygen atoms in total. The molecule has 162 valence electrons. The van der Waals surface area contributed by atoms with Gasteiger partial charge in [0.25, 0.3) is 10.0 Å². The van der Waals surface area contributed by atoms with Crippen molar-refractivity contribution in [2.24, 2.45) is 0 Å². The van der Waals surface area contributed by atoms with Crippen LogP contribution >= 0.6 is 11.6 Å². The SMILES string of the molecule is COc1ccc(S(=O)(=O)N(CC(=O)Nc2cc(Cl)ccc2C)c2ccccc2F)cc1. The van der Waals surface area contributed by atoms with Gasteiger partial charge in [-0.2, -0.15) is 0 Å². The standard InChI is InChI=1S/C22H20ClFN2O4S/c1-15-7-8-16(23)13-20(15)25-22(27)14-26(21-6-4-3-5-19(21)24)31(28,29)18-11-9-17(30-2)10-12-18/h3-13H,14H2,1-2H3,(H,25,27). The van der Waals surface area contributed by atoms with Crippen LogP contribution in [0.4, 0.5) is 15.8 Å². The lowest BCUT2D eigenvalue weighted by molar-refractivity contribution is -0.114. The van der Waals surface area contributed by atoms with E-state index in [4.69, 9.17) is 16.3 Å². The third-order valence-electron chi connectivity index (χ3n) is 4.53. The van der Waals surface area contributed by atoms with E-state index in [9.17, 15) is 17.6 Å². The first-order valence-electron chi connectivity index (χ1n) is 9.19. The maximum absolute atomic E-state index is 14.5. The topological polar surface area (TPSA) is 75.7 Å². The van der Waals surface area contributed by atoms with Gasteiger partial charge < -0.3 is 10.1 Å². The number of ether oxygens (including phenoxy) is 1. The summed E-state index contributed by atoms with van der Waals surface area (Å²) in [6.07, 6.45) is 0. The Morgan fingerprint density at radius 2 is 1.77 bits per heavy atom. The Hall–Kier alpha value is -3.10. The second-order valence-electron chi connectivity index (χ2n) is 6.65. The van der Waals surface area contributed by atoms with E-state index in [1.807, 2.05) is 0 Å². The van der Waals surface area contributed by atoms with Crippen molar-refractivity contribution in [1.29, 1.82) is 0 Å². The summed E-state index contributed by atoms with van der Waals surface area (Å²) in [6, 6.07) is 15.9.